The summed E-state index contributed by atoms with van der Waals surface area (Å²) >= 11 is 0. The van der Waals surface area contributed by atoms with Gasteiger partial charge in [0.2, 0.25) is 5.82 Å². The van der Waals surface area contributed by atoms with Gasteiger partial charge in [0, 0.05) is 6.10 Å². The van der Waals surface area contributed by atoms with Gasteiger partial charge in [-0.3, -0.25) is 0 Å². The summed E-state index contributed by atoms with van der Waals surface area (Å²) < 4.78 is 51.1. The molecule has 6 heteroatoms. The van der Waals surface area contributed by atoms with Crippen LogP contribution < -0.4 is 4.74 Å². The summed E-state index contributed by atoms with van der Waals surface area (Å²) in [5.74, 6) is -3.94. The third-order valence-corrected chi connectivity index (χ3v) is 9.47. The Morgan fingerprint density at radius 3 is 2.26 bits per heavy atom. The first-order chi connectivity index (χ1) is 10.5. The molecule has 0 aliphatic heterocycles. The quantitative estimate of drug-likeness (QED) is 0.533. The van der Waals surface area contributed by atoms with E-state index in [9.17, 15) is 13.2 Å². The van der Waals surface area contributed by atoms with Gasteiger partial charge in [0.15, 0.2) is 25.7 Å². The summed E-state index contributed by atoms with van der Waals surface area (Å²) in [6, 6.07) is 1.99. The molecule has 1 fully saturated rings. The zero-order chi connectivity index (χ0) is 17.4. The molecule has 1 aliphatic carbocycles. The number of halogens is 3. The maximum absolute atomic E-state index is 13.5. The van der Waals surface area contributed by atoms with E-state index in [1.165, 1.54) is 0 Å². The minimum Gasteiger partial charge on any atom is -0.490 e. The van der Waals surface area contributed by atoms with Gasteiger partial charge in [-0.15, -0.1) is 0 Å². The third kappa shape index (κ3) is 4.09. The van der Waals surface area contributed by atoms with Gasteiger partial charge >= 0.3 is 0 Å². The molecule has 0 unspecified atom stereocenters. The fourth-order valence-electron chi connectivity index (χ4n) is 2.33. The Bertz CT molecular complexity index is 564. The van der Waals surface area contributed by atoms with E-state index < -0.39 is 25.8 Å². The van der Waals surface area contributed by atoms with Crippen molar-refractivity contribution in [2.45, 2.75) is 57.8 Å². The normalized spacial score (nSPS) is 21.9. The Balaban J connectivity index is 1.80. The molecule has 0 aromatic heterocycles. The Morgan fingerprint density at radius 1 is 1.09 bits per heavy atom. The van der Waals surface area contributed by atoms with E-state index >= 15 is 0 Å². The van der Waals surface area contributed by atoms with E-state index in [0.29, 0.717) is 6.61 Å². The van der Waals surface area contributed by atoms with Crippen molar-refractivity contribution in [3.8, 4) is 5.75 Å². The van der Waals surface area contributed by atoms with Gasteiger partial charge in [-0.05, 0) is 49.0 Å². The van der Waals surface area contributed by atoms with Crippen molar-refractivity contribution < 1.29 is 22.3 Å². The van der Waals surface area contributed by atoms with Crippen LogP contribution in [0.5, 0.6) is 5.75 Å². The average molecular weight is 346 g/mol. The van der Waals surface area contributed by atoms with Crippen molar-refractivity contribution in [1.82, 2.24) is 0 Å². The molecule has 1 aromatic rings. The lowest BCUT2D eigenvalue weighted by Crippen LogP contribution is -2.48. The molecular weight excluding hydrogens is 321 g/mol. The van der Waals surface area contributed by atoms with Gasteiger partial charge < -0.3 is 9.16 Å². The monoisotopic (exact) mass is 346 g/mol. The van der Waals surface area contributed by atoms with Crippen LogP contribution >= 0.6 is 0 Å². The van der Waals surface area contributed by atoms with E-state index in [0.717, 1.165) is 25.0 Å². The van der Waals surface area contributed by atoms with E-state index in [2.05, 4.69) is 33.9 Å². The Labute approximate surface area is 137 Å². The summed E-state index contributed by atoms with van der Waals surface area (Å²) in [5, 5.41) is 0.170. The van der Waals surface area contributed by atoms with Crippen molar-refractivity contribution in [2.75, 3.05) is 6.61 Å². The first-order valence-corrected chi connectivity index (χ1v) is 10.9. The summed E-state index contributed by atoms with van der Waals surface area (Å²) in [5.41, 5.74) is 0. The van der Waals surface area contributed by atoms with Crippen LogP contribution in [-0.2, 0) is 4.43 Å². The van der Waals surface area contributed by atoms with Gasteiger partial charge in [0.25, 0.3) is 0 Å². The molecule has 130 valence electrons. The van der Waals surface area contributed by atoms with Gasteiger partial charge in [-0.1, -0.05) is 20.8 Å². The standard InChI is InChI=1S/C17H25F3O2Si/c1-17(2,3)23(4,5)22-12-8-11(9-12)10-21-14-7-6-13(18)15(19)16(14)20/h6-7,11-12H,8-10H2,1-5H3. The predicted molar refractivity (Wildman–Crippen MR) is 86.6 cm³/mol. The minimum absolute atomic E-state index is 0.170. The van der Waals surface area contributed by atoms with E-state index in [1.54, 1.807) is 0 Å². The molecule has 0 saturated heterocycles. The Kier molecular flexibility index (Phi) is 5.16. The number of rotatable bonds is 5. The molecule has 0 bridgehead atoms. The molecule has 2 rings (SSSR count). The molecule has 0 N–H and O–H groups in total. The molecule has 0 radical (unpaired) electrons. The highest BCUT2D eigenvalue weighted by Crippen LogP contribution is 2.41. The van der Waals surface area contributed by atoms with Crippen molar-refractivity contribution in [3.05, 3.63) is 29.6 Å². The lowest BCUT2D eigenvalue weighted by atomic mass is 9.83. The third-order valence-electron chi connectivity index (χ3n) is 4.93. The molecule has 1 aromatic carbocycles. The minimum atomic E-state index is -1.77. The summed E-state index contributed by atoms with van der Waals surface area (Å²) in [6.45, 7) is 11.3. The largest absolute Gasteiger partial charge is 0.490 e. The zero-order valence-corrected chi connectivity index (χ0v) is 15.4. The van der Waals surface area contributed by atoms with Crippen LogP contribution in [0, 0.1) is 23.4 Å². The Morgan fingerprint density at radius 2 is 1.70 bits per heavy atom. The van der Waals surface area contributed by atoms with Gasteiger partial charge in [-0.2, -0.15) is 4.39 Å². The Hall–Kier alpha value is -1.01. The lowest BCUT2D eigenvalue weighted by Gasteiger charge is -2.44. The highest BCUT2D eigenvalue weighted by molar-refractivity contribution is 6.74. The second-order valence-corrected chi connectivity index (χ2v) is 12.6. The summed E-state index contributed by atoms with van der Waals surface area (Å²) in [4.78, 5) is 0. The van der Waals surface area contributed by atoms with E-state index in [1.807, 2.05) is 0 Å². The van der Waals surface area contributed by atoms with Crippen LogP contribution in [0.4, 0.5) is 13.2 Å². The predicted octanol–water partition coefficient (Wildman–Crippen LogP) is 5.28. The molecule has 0 spiro atoms. The maximum Gasteiger partial charge on any atom is 0.203 e. The van der Waals surface area contributed by atoms with Crippen LogP contribution in [0.1, 0.15) is 33.6 Å². The number of hydrogen-bond donors (Lipinski definition) is 0. The molecule has 23 heavy (non-hydrogen) atoms. The van der Waals surface area contributed by atoms with Crippen LogP contribution in [0.3, 0.4) is 0 Å². The van der Waals surface area contributed by atoms with Crippen molar-refractivity contribution in [1.29, 1.82) is 0 Å². The molecule has 1 aliphatic rings. The molecule has 0 heterocycles. The smallest absolute Gasteiger partial charge is 0.203 e. The number of hydrogen-bond acceptors (Lipinski definition) is 2. The first kappa shape index (κ1) is 18.3. The number of ether oxygens (including phenoxy) is 1. The van der Waals surface area contributed by atoms with Crippen molar-refractivity contribution in [2.24, 2.45) is 5.92 Å². The summed E-state index contributed by atoms with van der Waals surface area (Å²) in [7, 11) is -1.77. The number of benzene rings is 1. The topological polar surface area (TPSA) is 18.5 Å². The molecule has 2 nitrogen and oxygen atoms in total. The average Bonchev–Trinajstić information content (AvgIpc) is 2.39. The highest BCUT2D eigenvalue weighted by Gasteiger charge is 2.42. The zero-order valence-electron chi connectivity index (χ0n) is 14.4. The van der Waals surface area contributed by atoms with Gasteiger partial charge in [0.1, 0.15) is 0 Å². The van der Waals surface area contributed by atoms with Crippen molar-refractivity contribution in [3.63, 3.8) is 0 Å². The van der Waals surface area contributed by atoms with Crippen LogP contribution in [0.2, 0.25) is 18.1 Å². The van der Waals surface area contributed by atoms with E-state index in [4.69, 9.17) is 9.16 Å². The fraction of sp³-hybridized carbons (Fsp3) is 0.647. The second kappa shape index (κ2) is 6.47. The maximum atomic E-state index is 13.5. The highest BCUT2D eigenvalue weighted by atomic mass is 28.4. The summed E-state index contributed by atoms with van der Waals surface area (Å²) in [6.07, 6.45) is 1.94. The van der Waals surface area contributed by atoms with Gasteiger partial charge in [-0.25, -0.2) is 8.78 Å². The molecule has 0 atom stereocenters. The van der Waals surface area contributed by atoms with Crippen molar-refractivity contribution >= 4 is 8.32 Å². The van der Waals surface area contributed by atoms with Crippen LogP contribution in [0.25, 0.3) is 0 Å². The SMILES string of the molecule is CC(C)(C)[Si](C)(C)OC1CC(COc2ccc(F)c(F)c2F)C1. The van der Waals surface area contributed by atoms with Crippen LogP contribution in [0.15, 0.2) is 12.1 Å². The molecule has 0 amide bonds. The van der Waals surface area contributed by atoms with Crippen LogP contribution in [-0.4, -0.2) is 21.0 Å². The molecular formula is C17H25F3O2Si. The van der Waals surface area contributed by atoms with Gasteiger partial charge in [0.05, 0.1) is 6.61 Å². The van der Waals surface area contributed by atoms with E-state index in [-0.39, 0.29) is 22.8 Å². The fourth-order valence-corrected chi connectivity index (χ4v) is 3.71. The lowest BCUT2D eigenvalue weighted by molar-refractivity contribution is 0.0280. The second-order valence-electron chi connectivity index (χ2n) is 7.82. The first-order valence-electron chi connectivity index (χ1n) is 7.95. The molecule has 1 saturated carbocycles.